The average Bonchev–Trinajstić information content (AvgIpc) is 2.82. The van der Waals surface area contributed by atoms with E-state index in [9.17, 15) is 30.0 Å². The Balaban J connectivity index is 1.70. The molecule has 1 saturated carbocycles. The van der Waals surface area contributed by atoms with E-state index in [1.54, 1.807) is 34.6 Å². The van der Waals surface area contributed by atoms with Gasteiger partial charge in [0.1, 0.15) is 28.0 Å². The minimum Gasteiger partial charge on any atom is -0.477 e. The topological polar surface area (TPSA) is 173 Å². The number of nitrogens with one attached hydrogen (secondary N) is 1. The lowest BCUT2D eigenvalue weighted by atomic mass is 9.33. The van der Waals surface area contributed by atoms with Crippen LogP contribution >= 0.6 is 0 Å². The molecule has 12 nitrogen and oxygen atoms in total. The second-order valence-electron chi connectivity index (χ2n) is 13.4. The van der Waals surface area contributed by atoms with Crippen LogP contribution in [0.5, 0.6) is 0 Å². The van der Waals surface area contributed by atoms with Crippen molar-refractivity contribution in [1.82, 2.24) is 5.32 Å². The van der Waals surface area contributed by atoms with E-state index in [0.29, 0.717) is 0 Å². The van der Waals surface area contributed by atoms with Crippen LogP contribution in [-0.4, -0.2) is 104 Å². The van der Waals surface area contributed by atoms with Crippen molar-refractivity contribution in [3.8, 4) is 0 Å². The summed E-state index contributed by atoms with van der Waals surface area (Å²) in [5, 5.41) is 46.8. The Bertz CT molecular complexity index is 1100. The van der Waals surface area contributed by atoms with E-state index in [1.165, 1.54) is 27.9 Å². The monoisotopic (exact) mass is 559 g/mol. The van der Waals surface area contributed by atoms with Crippen LogP contribution in [0.4, 0.5) is 0 Å². The molecule has 39 heavy (non-hydrogen) atoms. The number of aliphatic carboxylic acids is 1. The molecule has 0 aromatic rings. The summed E-state index contributed by atoms with van der Waals surface area (Å²) in [5.74, 6) is -5.94. The lowest BCUT2D eigenvalue weighted by Crippen LogP contribution is -2.97. The third-order valence-corrected chi connectivity index (χ3v) is 12.3. The summed E-state index contributed by atoms with van der Waals surface area (Å²) in [6.45, 7) is 15.5. The highest BCUT2D eigenvalue weighted by Crippen LogP contribution is 2.74. The van der Waals surface area contributed by atoms with Gasteiger partial charge in [0.05, 0.1) is 30.8 Å². The predicted molar refractivity (Wildman–Crippen MR) is 135 cm³/mol. The Hall–Kier alpha value is -1.38. The molecule has 1 aliphatic carbocycles. The predicted octanol–water partition coefficient (Wildman–Crippen LogP) is 0.545. The first-order chi connectivity index (χ1) is 17.5. The van der Waals surface area contributed by atoms with Crippen LogP contribution in [0.3, 0.4) is 0 Å². The van der Waals surface area contributed by atoms with Crippen LogP contribution < -0.4 is 5.32 Å². The smallest absolute Gasteiger partial charge is 0.365 e. The summed E-state index contributed by atoms with van der Waals surface area (Å²) < 4.78 is 29.9. The molecular weight excluding hydrogens is 514 g/mol. The Morgan fingerprint density at radius 1 is 0.923 bits per heavy atom. The molecule has 3 unspecified atom stereocenters. The number of carboxylic acids is 1. The molecule has 5 aliphatic heterocycles. The molecule has 0 spiro atoms. The van der Waals surface area contributed by atoms with Crippen molar-refractivity contribution in [2.75, 3.05) is 26.9 Å². The van der Waals surface area contributed by atoms with Crippen molar-refractivity contribution in [2.45, 2.75) is 114 Å². The van der Waals surface area contributed by atoms with E-state index in [0.717, 1.165) is 0 Å². The van der Waals surface area contributed by atoms with Gasteiger partial charge >= 0.3 is 5.97 Å². The maximum Gasteiger partial charge on any atom is 0.365 e. The van der Waals surface area contributed by atoms with E-state index in [1.807, 2.05) is 13.8 Å². The van der Waals surface area contributed by atoms with Gasteiger partial charge in [0.25, 0.3) is 5.79 Å². The van der Waals surface area contributed by atoms with Gasteiger partial charge in [-0.05, 0) is 48.5 Å². The van der Waals surface area contributed by atoms with Gasteiger partial charge in [0.15, 0.2) is 0 Å². The van der Waals surface area contributed by atoms with Crippen molar-refractivity contribution in [3.63, 3.8) is 0 Å². The quantitative estimate of drug-likeness (QED) is 0.281. The number of fused-ring (bicyclic) bond motifs is 4. The number of carboxylic acid groups (broad SMARTS) is 1. The molecule has 4 bridgehead atoms. The van der Waals surface area contributed by atoms with Gasteiger partial charge < -0.3 is 49.4 Å². The highest BCUT2D eigenvalue weighted by Gasteiger charge is 2.90. The van der Waals surface area contributed by atoms with Gasteiger partial charge in [0.2, 0.25) is 11.7 Å². The first kappa shape index (κ1) is 30.6. The number of aliphatic hydroxyl groups is 3. The Morgan fingerprint density at radius 2 is 1.49 bits per heavy atom. The molecule has 0 aromatic carbocycles. The van der Waals surface area contributed by atoms with Gasteiger partial charge in [-0.2, -0.15) is 0 Å². The molecule has 1 amide bonds. The molecule has 224 valence electrons. The van der Waals surface area contributed by atoms with Crippen molar-refractivity contribution >= 4 is 11.9 Å². The maximum atomic E-state index is 12.5. The Kier molecular flexibility index (Phi) is 6.20. The van der Waals surface area contributed by atoms with Crippen LogP contribution in [0.2, 0.25) is 0 Å². The molecule has 5 N–H and O–H groups in total. The number of aliphatic hydroxyl groups excluding tert-OH is 1. The summed E-state index contributed by atoms with van der Waals surface area (Å²) >= 11 is 0. The van der Waals surface area contributed by atoms with Crippen LogP contribution in [0.25, 0.3) is 0 Å². The molecular formula is C27H45NO11. The number of hydrogen-bond acceptors (Lipinski definition) is 10. The summed E-state index contributed by atoms with van der Waals surface area (Å²) in [4.78, 5) is 25.0. The standard InChI is InChI=1S/C27H45NO11/c1-15-20(5)21(6,28-16(2)30)19(4,37-26(15,12-29)22(20,7)33)14-36-13-18(3)24(9)23(8,34)25(10,35-11)39-27(18,38-24)17(31)32/h15,29,33-34H,12-14H2,1-11H3,(H,28,30)(H,31,32)/t15-,18-,19-,20-,21?,22-,23?,24+,25+,26?,27+/m0/s1. The normalized spacial score (nSPS) is 57.7. The first-order valence-electron chi connectivity index (χ1n) is 13.3. The van der Waals surface area contributed by atoms with E-state index in [4.69, 9.17) is 23.7 Å². The zero-order valence-electron chi connectivity index (χ0n) is 24.8. The Labute approximate surface area is 229 Å². The summed E-state index contributed by atoms with van der Waals surface area (Å²) in [6.07, 6.45) is 0. The number of methoxy groups -OCH3 is 1. The number of amides is 1. The third kappa shape index (κ3) is 2.78. The van der Waals surface area contributed by atoms with Crippen LogP contribution in [0.1, 0.15) is 69.2 Å². The van der Waals surface area contributed by atoms with Crippen molar-refractivity contribution < 1.29 is 53.7 Å². The lowest BCUT2D eigenvalue weighted by molar-refractivity contribution is -0.583. The van der Waals surface area contributed by atoms with Crippen molar-refractivity contribution in [3.05, 3.63) is 0 Å². The largest absolute Gasteiger partial charge is 0.477 e. The van der Waals surface area contributed by atoms with Gasteiger partial charge in [-0.1, -0.05) is 13.8 Å². The molecule has 5 saturated heterocycles. The van der Waals surface area contributed by atoms with E-state index < -0.39 is 68.5 Å². The highest BCUT2D eigenvalue weighted by molar-refractivity contribution is 5.80. The van der Waals surface area contributed by atoms with Gasteiger partial charge in [-0.25, -0.2) is 4.79 Å². The maximum absolute atomic E-state index is 12.5. The minimum atomic E-state index is -2.18. The zero-order chi connectivity index (χ0) is 30.1. The number of carbonyl (C=O) groups excluding carboxylic acids is 1. The average molecular weight is 560 g/mol. The molecule has 6 aliphatic rings. The third-order valence-electron chi connectivity index (χ3n) is 12.3. The molecule has 12 heteroatoms. The minimum absolute atomic E-state index is 0.158. The van der Waals surface area contributed by atoms with Gasteiger partial charge in [-0.3, -0.25) is 4.79 Å². The lowest BCUT2D eigenvalue weighted by Gasteiger charge is -2.82. The second-order valence-corrected chi connectivity index (χ2v) is 13.4. The van der Waals surface area contributed by atoms with Crippen LogP contribution in [-0.2, 0) is 33.3 Å². The number of carbonyl (C=O) groups is 2. The van der Waals surface area contributed by atoms with Gasteiger partial charge in [-0.15, -0.1) is 0 Å². The van der Waals surface area contributed by atoms with Crippen LogP contribution in [0, 0.1) is 16.7 Å². The summed E-state index contributed by atoms with van der Waals surface area (Å²) in [6, 6.07) is 0. The van der Waals surface area contributed by atoms with E-state index in [2.05, 4.69) is 5.32 Å². The fourth-order valence-corrected chi connectivity index (χ4v) is 8.55. The molecule has 0 radical (unpaired) electrons. The fourth-order valence-electron chi connectivity index (χ4n) is 8.55. The number of rotatable bonds is 8. The van der Waals surface area contributed by atoms with E-state index >= 15 is 0 Å². The van der Waals surface area contributed by atoms with Crippen molar-refractivity contribution in [2.24, 2.45) is 16.7 Å². The number of hydrogen-bond donors (Lipinski definition) is 5. The van der Waals surface area contributed by atoms with E-state index in [-0.39, 0.29) is 25.0 Å². The number of ether oxygens (including phenoxy) is 5. The fraction of sp³-hybridized carbons (Fsp3) is 0.926. The summed E-state index contributed by atoms with van der Waals surface area (Å²) in [5.41, 5.74) is -10.9. The molecule has 11 atom stereocenters. The molecule has 0 aromatic heterocycles. The Morgan fingerprint density at radius 3 is 1.92 bits per heavy atom. The molecule has 5 heterocycles. The van der Waals surface area contributed by atoms with Gasteiger partial charge in [0, 0.05) is 25.4 Å². The molecule has 6 fully saturated rings. The summed E-state index contributed by atoms with van der Waals surface area (Å²) in [7, 11) is 1.31. The van der Waals surface area contributed by atoms with Crippen LogP contribution in [0.15, 0.2) is 0 Å². The first-order valence-corrected chi connectivity index (χ1v) is 13.3. The highest BCUT2D eigenvalue weighted by atomic mass is 16.8. The molecule has 6 rings (SSSR count). The zero-order valence-corrected chi connectivity index (χ0v) is 24.8. The second kappa shape index (κ2) is 7.91. The SMILES string of the molecule is CO[C@]1(C)O[C@@]2(C(=O)O)O[C@@](C)(C1(C)O)[C@]2(C)COC[C@]1(C)OC2(CO)[C@@H](C)[C@@](C)(C1(C)NC(C)=O)[C@]2(C)O. The van der Waals surface area contributed by atoms with Crippen molar-refractivity contribution in [1.29, 1.82) is 0 Å².